The summed E-state index contributed by atoms with van der Waals surface area (Å²) >= 11 is 0. The Morgan fingerprint density at radius 2 is 2.06 bits per heavy atom. The van der Waals surface area contributed by atoms with Gasteiger partial charge in [0.2, 0.25) is 0 Å². The molecule has 2 aromatic heterocycles. The summed E-state index contributed by atoms with van der Waals surface area (Å²) in [5.74, 6) is -1.24. The van der Waals surface area contributed by atoms with E-state index in [1.54, 1.807) is 16.7 Å². The van der Waals surface area contributed by atoms with Crippen molar-refractivity contribution < 1.29 is 27.5 Å². The summed E-state index contributed by atoms with van der Waals surface area (Å²) in [5, 5.41) is 0. The lowest BCUT2D eigenvalue weighted by molar-refractivity contribution is -0.123. The van der Waals surface area contributed by atoms with Crippen LogP contribution in [0.25, 0.3) is 33.5 Å². The molecule has 1 amide bonds. The third-order valence-electron chi connectivity index (χ3n) is 5.34. The van der Waals surface area contributed by atoms with Crippen molar-refractivity contribution in [1.29, 1.82) is 0 Å². The zero-order chi connectivity index (χ0) is 22.6. The van der Waals surface area contributed by atoms with E-state index in [0.29, 0.717) is 35.7 Å². The second-order valence-electron chi connectivity index (χ2n) is 7.54. The van der Waals surface area contributed by atoms with Crippen LogP contribution in [0, 0.1) is 11.6 Å². The molecule has 32 heavy (non-hydrogen) atoms. The number of carbonyl (C=O) groups is 1. The number of nitrogen functional groups attached to an aromatic ring is 1. The van der Waals surface area contributed by atoms with Crippen LogP contribution in [0.1, 0.15) is 19.8 Å². The van der Waals surface area contributed by atoms with E-state index in [-0.39, 0.29) is 28.5 Å². The monoisotopic (exact) mass is 443 g/mol. The number of aromatic nitrogens is 3. The lowest BCUT2D eigenvalue weighted by atomic mass is 10.1. The molecule has 5 rings (SSSR count). The highest BCUT2D eigenvalue weighted by Crippen LogP contribution is 2.39. The Bertz CT molecular complexity index is 1380. The number of hydrogen-bond donors (Lipinski definition) is 2. The van der Waals surface area contributed by atoms with Gasteiger partial charge in [-0.15, -0.1) is 0 Å². The van der Waals surface area contributed by atoms with Gasteiger partial charge in [-0.1, -0.05) is 0 Å². The molecule has 11 heteroatoms. The summed E-state index contributed by atoms with van der Waals surface area (Å²) in [4.78, 5) is 19.7. The van der Waals surface area contributed by atoms with E-state index in [0.717, 1.165) is 18.9 Å². The van der Waals surface area contributed by atoms with Crippen molar-refractivity contribution in [3.05, 3.63) is 29.8 Å². The molecule has 0 bridgehead atoms. The number of anilines is 1. The van der Waals surface area contributed by atoms with Gasteiger partial charge >= 0.3 is 0 Å². The number of aryl methyl sites for hydroxylation is 1. The number of benzene rings is 2. The van der Waals surface area contributed by atoms with Gasteiger partial charge in [-0.2, -0.15) is 4.98 Å². The van der Waals surface area contributed by atoms with Gasteiger partial charge in [-0.25, -0.2) is 13.8 Å². The van der Waals surface area contributed by atoms with Gasteiger partial charge in [0, 0.05) is 18.7 Å². The fourth-order valence-electron chi connectivity index (χ4n) is 3.82. The SMILES string of the molecule is C[C@H](Oc1cc2c3c(c1)nc(-c1cc(F)c4oc(N)nc4c1F)n3CCCCO2)C(N)=O. The van der Waals surface area contributed by atoms with E-state index in [9.17, 15) is 9.18 Å². The third kappa shape index (κ3) is 3.17. The van der Waals surface area contributed by atoms with Gasteiger partial charge in [0.15, 0.2) is 28.8 Å². The van der Waals surface area contributed by atoms with Crippen LogP contribution >= 0.6 is 0 Å². The molecule has 0 aliphatic carbocycles. The first-order valence-corrected chi connectivity index (χ1v) is 10.0. The Hall–Kier alpha value is -3.89. The zero-order valence-electron chi connectivity index (χ0n) is 17.0. The quantitative estimate of drug-likeness (QED) is 0.495. The molecule has 2 aromatic carbocycles. The number of nitrogens with two attached hydrogens (primary N) is 2. The molecule has 4 aromatic rings. The predicted molar refractivity (Wildman–Crippen MR) is 111 cm³/mol. The van der Waals surface area contributed by atoms with E-state index in [2.05, 4.69) is 9.97 Å². The molecule has 0 saturated carbocycles. The number of hydrogen-bond acceptors (Lipinski definition) is 7. The minimum absolute atomic E-state index is 0.0843. The largest absolute Gasteiger partial charge is 0.491 e. The van der Waals surface area contributed by atoms with Crippen molar-refractivity contribution in [3.63, 3.8) is 0 Å². The first-order chi connectivity index (χ1) is 15.3. The number of carbonyl (C=O) groups excluding carboxylic acids is 1. The van der Waals surface area contributed by atoms with E-state index >= 15 is 4.39 Å². The number of fused-ring (bicyclic) bond motifs is 1. The van der Waals surface area contributed by atoms with Gasteiger partial charge in [0.05, 0.1) is 17.7 Å². The number of nitrogens with zero attached hydrogens (tertiary/aromatic N) is 3. The van der Waals surface area contributed by atoms with Crippen LogP contribution in [-0.2, 0) is 11.3 Å². The number of primary amides is 1. The first-order valence-electron chi connectivity index (χ1n) is 10.0. The van der Waals surface area contributed by atoms with Crippen LogP contribution in [0.2, 0.25) is 0 Å². The van der Waals surface area contributed by atoms with Crippen molar-refractivity contribution in [1.82, 2.24) is 14.5 Å². The molecule has 0 radical (unpaired) electrons. The number of oxazole rings is 1. The summed E-state index contributed by atoms with van der Waals surface area (Å²) in [5.41, 5.74) is 11.1. The second kappa shape index (κ2) is 7.36. The fourth-order valence-corrected chi connectivity index (χ4v) is 3.82. The molecule has 0 fully saturated rings. The molecule has 9 nitrogen and oxygen atoms in total. The number of imidazole rings is 1. The van der Waals surface area contributed by atoms with Crippen molar-refractivity contribution in [2.45, 2.75) is 32.4 Å². The summed E-state index contributed by atoms with van der Waals surface area (Å²) in [6.07, 6.45) is 0.621. The Morgan fingerprint density at radius 3 is 2.84 bits per heavy atom. The highest BCUT2D eigenvalue weighted by atomic mass is 19.1. The van der Waals surface area contributed by atoms with Crippen molar-refractivity contribution >= 4 is 34.1 Å². The van der Waals surface area contributed by atoms with E-state index in [1.807, 2.05) is 0 Å². The molecule has 0 unspecified atom stereocenters. The van der Waals surface area contributed by atoms with Crippen LogP contribution in [0.4, 0.5) is 14.8 Å². The average Bonchev–Trinajstić information content (AvgIpc) is 3.29. The molecule has 3 heterocycles. The summed E-state index contributed by atoms with van der Waals surface area (Å²) in [7, 11) is 0. The molecular formula is C21H19F2N5O4. The Labute approximate surface area is 179 Å². The minimum atomic E-state index is -0.874. The number of amides is 1. The van der Waals surface area contributed by atoms with E-state index in [4.69, 9.17) is 25.4 Å². The zero-order valence-corrected chi connectivity index (χ0v) is 17.0. The molecule has 166 valence electrons. The normalized spacial score (nSPS) is 14.7. The Kier molecular flexibility index (Phi) is 4.61. The van der Waals surface area contributed by atoms with Gasteiger partial charge < -0.3 is 29.9 Å². The van der Waals surface area contributed by atoms with Crippen LogP contribution in [-0.4, -0.2) is 33.2 Å². The van der Waals surface area contributed by atoms with Crippen LogP contribution in [0.15, 0.2) is 22.6 Å². The lowest BCUT2D eigenvalue weighted by Crippen LogP contribution is -2.30. The molecule has 1 aliphatic heterocycles. The maximum absolute atomic E-state index is 15.3. The van der Waals surface area contributed by atoms with E-state index in [1.165, 1.54) is 6.92 Å². The smallest absolute Gasteiger partial charge is 0.293 e. The third-order valence-corrected chi connectivity index (χ3v) is 5.34. The van der Waals surface area contributed by atoms with Crippen LogP contribution in [0.3, 0.4) is 0 Å². The van der Waals surface area contributed by atoms with Gasteiger partial charge in [0.25, 0.3) is 11.9 Å². The lowest BCUT2D eigenvalue weighted by Gasteiger charge is -2.18. The predicted octanol–water partition coefficient (Wildman–Crippen LogP) is 3.13. The number of halogens is 2. The molecule has 0 saturated heterocycles. The van der Waals surface area contributed by atoms with Crippen LogP contribution in [0.5, 0.6) is 11.5 Å². The highest BCUT2D eigenvalue weighted by molar-refractivity contribution is 5.90. The Morgan fingerprint density at radius 1 is 1.25 bits per heavy atom. The molecule has 1 atom stereocenters. The maximum atomic E-state index is 15.3. The second-order valence-corrected chi connectivity index (χ2v) is 7.54. The standard InChI is InChI=1S/C21H19F2N5O4/c1-9(19(24)29)31-10-6-13-17-14(7-10)30-5-3-2-4-28(17)20(26-13)11-8-12(22)18-16(15(11)23)27-21(25)32-18/h6-9H,2-5H2,1H3,(H2,24,29)(H2,25,27)/t9-/m0/s1. The molecule has 4 N–H and O–H groups in total. The maximum Gasteiger partial charge on any atom is 0.293 e. The summed E-state index contributed by atoms with van der Waals surface area (Å²) < 4.78 is 48.2. The molecule has 0 spiro atoms. The number of rotatable bonds is 4. The van der Waals surface area contributed by atoms with Gasteiger partial charge in [0.1, 0.15) is 22.8 Å². The summed E-state index contributed by atoms with van der Waals surface area (Å²) in [6.45, 7) is 2.51. The van der Waals surface area contributed by atoms with Crippen molar-refractivity contribution in [2.75, 3.05) is 12.3 Å². The first kappa shape index (κ1) is 20.0. The topological polar surface area (TPSA) is 131 Å². The van der Waals surface area contributed by atoms with Gasteiger partial charge in [-0.05, 0) is 25.8 Å². The van der Waals surface area contributed by atoms with Crippen LogP contribution < -0.4 is 20.9 Å². The summed E-state index contributed by atoms with van der Waals surface area (Å²) in [6, 6.07) is 3.91. The van der Waals surface area contributed by atoms with E-state index < -0.39 is 23.6 Å². The van der Waals surface area contributed by atoms with Crippen molar-refractivity contribution in [2.24, 2.45) is 5.73 Å². The molecule has 1 aliphatic rings. The van der Waals surface area contributed by atoms with Crippen molar-refractivity contribution in [3.8, 4) is 22.9 Å². The molecular weight excluding hydrogens is 424 g/mol. The fraction of sp³-hybridized carbons (Fsp3) is 0.286. The minimum Gasteiger partial charge on any atom is -0.491 e. The van der Waals surface area contributed by atoms with Gasteiger partial charge in [-0.3, -0.25) is 4.79 Å². The Balaban J connectivity index is 1.74. The average molecular weight is 443 g/mol. The number of ether oxygens (including phenoxy) is 2. The highest BCUT2D eigenvalue weighted by Gasteiger charge is 2.26.